The minimum absolute atomic E-state index is 0.0932. The highest BCUT2D eigenvalue weighted by atomic mass is 79.9. The number of hydrogen-bond acceptors (Lipinski definition) is 15. The molecule has 21 nitrogen and oxygen atoms in total. The first-order chi connectivity index (χ1) is 33.0. The van der Waals surface area contributed by atoms with Crippen LogP contribution in [0.5, 0.6) is 5.75 Å². The van der Waals surface area contributed by atoms with Gasteiger partial charge in [0.2, 0.25) is 11.6 Å². The standard InChI is InChI=1S/C20H16Br2FN7O4.C16H16BrFN4O2.C5H2BrFN2O2/c1-2-28-19(22)14(8-26-28)18(31)16-9-25-27-29(16)15-4-3-13(23)5-11(15)10-34-17-6-12(21)7-24-20(17)30(32)33;1-2-21-16(17)12(8-20-21)15(24)14-5-6-19-22(14)13-4-3-11(18)7-10(13)9-23;6-3-1-4(7)5(8-2-3)9(10)11/h3-9,18,31H,2,10H2,1H3;3-8,15,23-24H,2,9H2,1H3;1-2H. The van der Waals surface area contributed by atoms with Gasteiger partial charge in [0.25, 0.3) is 0 Å². The number of halogens is 7. The molecule has 0 bridgehead atoms. The van der Waals surface area contributed by atoms with E-state index in [1.165, 1.54) is 76.6 Å². The van der Waals surface area contributed by atoms with E-state index in [0.717, 1.165) is 6.07 Å². The SMILES string of the molecule is CCn1ncc(C(O)c2ccnn2-c2ccc(F)cc2CO)c1Br.CCn1ncc(C(O)c2cnnn2-c2ccc(F)cc2COc2cc(Br)cnc2[N+](=O)[O-])c1Br.O=[N+]([O-])c1ncc(Br)cc1F. The Morgan fingerprint density at radius 2 is 1.22 bits per heavy atom. The minimum Gasteiger partial charge on any atom is -0.481 e. The number of aromatic nitrogens is 11. The zero-order chi connectivity index (χ0) is 50.1. The molecule has 0 saturated heterocycles. The Balaban J connectivity index is 0.000000193. The number of aliphatic hydroxyl groups excluding tert-OH is 3. The summed E-state index contributed by atoms with van der Waals surface area (Å²) in [6.07, 6.45) is 6.38. The molecule has 8 aromatic rings. The van der Waals surface area contributed by atoms with Crippen LogP contribution in [-0.2, 0) is 26.3 Å². The number of hydrogen-bond donors (Lipinski definition) is 3. The van der Waals surface area contributed by atoms with Crippen molar-refractivity contribution in [3.63, 3.8) is 0 Å². The molecule has 6 aromatic heterocycles. The van der Waals surface area contributed by atoms with Crippen LogP contribution < -0.4 is 4.74 Å². The largest absolute Gasteiger partial charge is 0.481 e. The summed E-state index contributed by atoms with van der Waals surface area (Å²) in [5.74, 6) is -3.25. The third-order valence-electron chi connectivity index (χ3n) is 9.63. The molecule has 0 saturated carbocycles. The molecule has 8 rings (SSSR count). The number of nitrogens with zero attached hydrogens (tertiary/aromatic N) is 13. The molecule has 0 amide bonds. The predicted octanol–water partition coefficient (Wildman–Crippen LogP) is 8.57. The fourth-order valence-corrected chi connectivity index (χ4v) is 8.29. The fourth-order valence-electron chi connectivity index (χ4n) is 6.35. The summed E-state index contributed by atoms with van der Waals surface area (Å²) >= 11 is 13.0. The predicted molar refractivity (Wildman–Crippen MR) is 252 cm³/mol. The molecular weight excluding hydrogens is 1180 g/mol. The molecule has 2 unspecified atom stereocenters. The molecule has 0 spiro atoms. The van der Waals surface area contributed by atoms with Crippen molar-refractivity contribution >= 4 is 75.4 Å². The lowest BCUT2D eigenvalue weighted by molar-refractivity contribution is -0.392. The lowest BCUT2D eigenvalue weighted by Gasteiger charge is -2.15. The van der Waals surface area contributed by atoms with Crippen molar-refractivity contribution in [3.8, 4) is 17.1 Å². The maximum absolute atomic E-state index is 14.1. The van der Waals surface area contributed by atoms with E-state index in [1.54, 1.807) is 27.8 Å². The van der Waals surface area contributed by atoms with E-state index < -0.39 is 51.1 Å². The quantitative estimate of drug-likeness (QED) is 0.0680. The van der Waals surface area contributed by atoms with Crippen LogP contribution in [0.15, 0.2) is 110 Å². The second-order valence-electron chi connectivity index (χ2n) is 13.9. The third kappa shape index (κ3) is 12.1. The van der Waals surface area contributed by atoms with Crippen molar-refractivity contribution in [2.75, 3.05) is 0 Å². The van der Waals surface area contributed by atoms with Gasteiger partial charge in [-0.25, -0.2) is 18.1 Å². The zero-order valence-corrected chi connectivity index (χ0v) is 41.8. The molecule has 0 radical (unpaired) electrons. The van der Waals surface area contributed by atoms with Crippen molar-refractivity contribution in [3.05, 3.63) is 181 Å². The molecule has 0 aliphatic rings. The second kappa shape index (κ2) is 23.3. The highest BCUT2D eigenvalue weighted by Crippen LogP contribution is 2.33. The van der Waals surface area contributed by atoms with Gasteiger partial charge in [-0.3, -0.25) is 9.36 Å². The van der Waals surface area contributed by atoms with Gasteiger partial charge in [0.15, 0.2) is 12.4 Å². The van der Waals surface area contributed by atoms with Crippen molar-refractivity contribution in [2.24, 2.45) is 0 Å². The molecule has 0 aliphatic carbocycles. The Morgan fingerprint density at radius 1 is 0.681 bits per heavy atom. The molecule has 2 atom stereocenters. The highest BCUT2D eigenvalue weighted by Gasteiger charge is 2.26. The van der Waals surface area contributed by atoms with Gasteiger partial charge in [0, 0.05) is 53.7 Å². The number of benzene rings is 2. The average Bonchev–Trinajstić information content (AvgIpc) is 4.15. The minimum atomic E-state index is -1.14. The van der Waals surface area contributed by atoms with Gasteiger partial charge < -0.3 is 40.3 Å². The van der Waals surface area contributed by atoms with E-state index >= 15 is 0 Å². The molecule has 3 N–H and O–H groups in total. The smallest absolute Gasteiger partial charge is 0.406 e. The normalized spacial score (nSPS) is 11.8. The number of aliphatic hydroxyl groups is 3. The summed E-state index contributed by atoms with van der Waals surface area (Å²) < 4.78 is 54.1. The van der Waals surface area contributed by atoms with Gasteiger partial charge in [-0.05, 0) is 140 Å². The molecule has 28 heteroatoms. The van der Waals surface area contributed by atoms with Gasteiger partial charge in [-0.2, -0.15) is 19.7 Å². The Labute approximate surface area is 421 Å². The first-order valence-corrected chi connectivity index (χ1v) is 22.9. The maximum atomic E-state index is 14.1. The van der Waals surface area contributed by atoms with Crippen molar-refractivity contribution < 1.29 is 43.1 Å². The Hall–Kier alpha value is -6.30. The third-order valence-corrected chi connectivity index (χ3v) is 12.2. The van der Waals surface area contributed by atoms with Crippen molar-refractivity contribution in [2.45, 2.75) is 52.4 Å². The van der Waals surface area contributed by atoms with Crippen LogP contribution in [0.4, 0.5) is 24.8 Å². The van der Waals surface area contributed by atoms with E-state index in [9.17, 15) is 48.7 Å². The highest BCUT2D eigenvalue weighted by molar-refractivity contribution is 9.11. The van der Waals surface area contributed by atoms with Crippen LogP contribution in [0.3, 0.4) is 0 Å². The van der Waals surface area contributed by atoms with Gasteiger partial charge in [-0.15, -0.1) is 5.10 Å². The molecule has 6 heterocycles. The Kier molecular flexibility index (Phi) is 17.6. The molecule has 0 fully saturated rings. The Morgan fingerprint density at radius 3 is 1.75 bits per heavy atom. The van der Waals surface area contributed by atoms with Gasteiger partial charge in [0.05, 0.1) is 56.9 Å². The summed E-state index contributed by atoms with van der Waals surface area (Å²) in [6.45, 7) is 4.55. The number of aryl methyl sites for hydroxylation is 2. The second-order valence-corrected chi connectivity index (χ2v) is 17.2. The van der Waals surface area contributed by atoms with Crippen molar-refractivity contribution in [1.82, 2.24) is 54.3 Å². The first-order valence-electron chi connectivity index (χ1n) is 19.8. The number of pyridine rings is 2. The summed E-state index contributed by atoms with van der Waals surface area (Å²) in [7, 11) is 0. The molecule has 2 aromatic carbocycles. The monoisotopic (exact) mass is 1210 g/mol. The maximum Gasteiger partial charge on any atom is 0.406 e. The van der Waals surface area contributed by atoms with E-state index in [1.807, 2.05) is 13.8 Å². The van der Waals surface area contributed by atoms with Gasteiger partial charge in [-0.1, -0.05) is 5.21 Å². The van der Waals surface area contributed by atoms with Crippen LogP contribution in [-0.4, -0.2) is 79.5 Å². The lowest BCUT2D eigenvalue weighted by Crippen LogP contribution is -2.12. The average molecular weight is 1210 g/mol. The van der Waals surface area contributed by atoms with Crippen LogP contribution >= 0.6 is 63.7 Å². The lowest BCUT2D eigenvalue weighted by atomic mass is 10.1. The van der Waals surface area contributed by atoms with Crippen LogP contribution in [0.1, 0.15) is 59.7 Å². The summed E-state index contributed by atoms with van der Waals surface area (Å²) in [6, 6.07) is 12.0. The molecule has 360 valence electrons. The van der Waals surface area contributed by atoms with Gasteiger partial charge >= 0.3 is 11.6 Å². The molecule has 69 heavy (non-hydrogen) atoms. The van der Waals surface area contributed by atoms with Crippen molar-refractivity contribution in [1.29, 1.82) is 0 Å². The zero-order valence-electron chi connectivity index (χ0n) is 35.5. The van der Waals surface area contributed by atoms with E-state index in [0.29, 0.717) is 76.3 Å². The fraction of sp³-hybridized carbons (Fsp3) is 0.195. The summed E-state index contributed by atoms with van der Waals surface area (Å²) in [5, 5.41) is 73.1. The molecular formula is C41H34Br4F3N13O8. The van der Waals surface area contributed by atoms with E-state index in [-0.39, 0.29) is 19.0 Å². The van der Waals surface area contributed by atoms with E-state index in [2.05, 4.69) is 99.3 Å². The molecule has 0 aliphatic heterocycles. The van der Waals surface area contributed by atoms with Crippen LogP contribution in [0, 0.1) is 37.7 Å². The summed E-state index contributed by atoms with van der Waals surface area (Å²) in [5.41, 5.74) is 3.49. The number of rotatable bonds is 14. The van der Waals surface area contributed by atoms with Gasteiger partial charge in [0.1, 0.15) is 39.7 Å². The van der Waals surface area contributed by atoms with Crippen LogP contribution in [0.25, 0.3) is 11.4 Å². The summed E-state index contributed by atoms with van der Waals surface area (Å²) in [4.78, 5) is 26.8. The first kappa shape index (κ1) is 52.1. The topological polar surface area (TPSA) is 266 Å². The van der Waals surface area contributed by atoms with E-state index in [4.69, 9.17) is 4.74 Å². The number of ether oxygens (including phenoxy) is 1. The Bertz CT molecular complexity index is 3120. The number of nitro groups is 2. The van der Waals surface area contributed by atoms with Crippen LogP contribution in [0.2, 0.25) is 0 Å².